The summed E-state index contributed by atoms with van der Waals surface area (Å²) in [6, 6.07) is 40.2. The van der Waals surface area contributed by atoms with Crippen LogP contribution in [0.3, 0.4) is 0 Å². The lowest BCUT2D eigenvalue weighted by molar-refractivity contribution is 0.564. The number of hydrogen-bond donors (Lipinski definition) is 0. The van der Waals surface area contributed by atoms with E-state index in [1.165, 1.54) is 12.2 Å². The molecule has 0 bridgehead atoms. The molecule has 0 saturated carbocycles. The lowest BCUT2D eigenvalue weighted by Crippen LogP contribution is -1.99. The zero-order valence-electron chi connectivity index (χ0n) is 30.7. The van der Waals surface area contributed by atoms with Crippen LogP contribution < -0.4 is 0 Å². The van der Waals surface area contributed by atoms with Gasteiger partial charge in [-0.25, -0.2) is 28.8 Å². The quantitative estimate of drug-likeness (QED) is 0.0788. The Morgan fingerprint density at radius 1 is 0.310 bits per heavy atom. The zero-order valence-corrected chi connectivity index (χ0v) is 30.7. The molecule has 0 saturated heterocycles. The van der Waals surface area contributed by atoms with Gasteiger partial charge in [-0.1, -0.05) is 84.9 Å². The summed E-state index contributed by atoms with van der Waals surface area (Å²) in [4.78, 5) is 86.3. The molecule has 6 aromatic rings. The molecule has 0 heterocycles. The smallest absolute Gasteiger partial charge is 0.211 e. The van der Waals surface area contributed by atoms with Crippen molar-refractivity contribution in [3.05, 3.63) is 178 Å². The maximum atomic E-state index is 10.9. The maximum absolute atomic E-state index is 10.9. The van der Waals surface area contributed by atoms with Gasteiger partial charge in [0, 0.05) is 6.42 Å². The fourth-order valence-corrected chi connectivity index (χ4v) is 6.14. The summed E-state index contributed by atoms with van der Waals surface area (Å²) in [5.41, 5.74) is 10.4. The number of nitrogens with zero attached hydrogens (tertiary/aromatic N) is 6. The monoisotopic (exact) mass is 762 g/mol. The van der Waals surface area contributed by atoms with E-state index in [2.05, 4.69) is 30.0 Å². The Kier molecular flexibility index (Phi) is 15.1. The van der Waals surface area contributed by atoms with Gasteiger partial charge in [0.15, 0.2) is 0 Å². The lowest BCUT2D eigenvalue weighted by Gasteiger charge is -2.14. The highest BCUT2D eigenvalue weighted by Crippen LogP contribution is 2.32. The van der Waals surface area contributed by atoms with Crippen molar-refractivity contribution in [3.63, 3.8) is 0 Å². The molecule has 58 heavy (non-hydrogen) atoms. The number of isocyanates is 6. The van der Waals surface area contributed by atoms with Crippen LogP contribution in [0.25, 0.3) is 0 Å². The maximum Gasteiger partial charge on any atom is 0.240 e. The molecule has 0 amide bonds. The van der Waals surface area contributed by atoms with Crippen molar-refractivity contribution in [2.75, 3.05) is 0 Å². The van der Waals surface area contributed by atoms with Crippen LogP contribution in [-0.2, 0) is 54.5 Å². The minimum Gasteiger partial charge on any atom is -0.211 e. The summed E-state index contributed by atoms with van der Waals surface area (Å²) >= 11 is 0. The normalized spacial score (nSPS) is 9.66. The Labute approximate surface area is 332 Å². The van der Waals surface area contributed by atoms with Gasteiger partial charge in [0.05, 0.1) is 34.1 Å². The average Bonchev–Trinajstić information content (AvgIpc) is 3.24. The van der Waals surface area contributed by atoms with Crippen LogP contribution in [0.5, 0.6) is 0 Å². The Hall–Kier alpha value is -8.40. The number of para-hydroxylation sites is 2. The Bertz CT molecular complexity index is 2710. The van der Waals surface area contributed by atoms with E-state index in [4.69, 9.17) is 0 Å². The van der Waals surface area contributed by atoms with Crippen molar-refractivity contribution in [2.24, 2.45) is 30.0 Å². The third-order valence-electron chi connectivity index (χ3n) is 8.82. The van der Waals surface area contributed by atoms with E-state index in [1.54, 1.807) is 85.0 Å². The van der Waals surface area contributed by atoms with E-state index >= 15 is 0 Å². The van der Waals surface area contributed by atoms with Crippen LogP contribution in [-0.4, -0.2) is 36.5 Å². The van der Waals surface area contributed by atoms with Gasteiger partial charge in [-0.2, -0.15) is 30.0 Å². The van der Waals surface area contributed by atoms with E-state index in [0.29, 0.717) is 59.8 Å². The van der Waals surface area contributed by atoms with Gasteiger partial charge in [0.25, 0.3) is 0 Å². The Morgan fingerprint density at radius 3 is 1.28 bits per heavy atom. The Balaban J connectivity index is 0.000000221. The topological polar surface area (TPSA) is 177 Å². The molecule has 0 aromatic heterocycles. The summed E-state index contributed by atoms with van der Waals surface area (Å²) in [6.07, 6.45) is 11.5. The summed E-state index contributed by atoms with van der Waals surface area (Å²) in [5, 5.41) is 0. The van der Waals surface area contributed by atoms with Gasteiger partial charge in [0.1, 0.15) is 0 Å². The van der Waals surface area contributed by atoms with Gasteiger partial charge in [-0.3, -0.25) is 0 Å². The van der Waals surface area contributed by atoms with Gasteiger partial charge in [-0.15, -0.1) is 0 Å². The fraction of sp³-hybridized carbons (Fsp3) is 0.0870. The molecule has 0 N–H and O–H groups in total. The first-order valence-electron chi connectivity index (χ1n) is 17.5. The van der Waals surface area contributed by atoms with Crippen LogP contribution >= 0.6 is 0 Å². The van der Waals surface area contributed by atoms with E-state index in [1.807, 2.05) is 72.8 Å². The molecule has 12 nitrogen and oxygen atoms in total. The SMILES string of the molecule is O=C=Nc1ccc(Cc2ccc(Cc3ccc(N=C=O)cc3)c(N=C=O)c2)cc1.O=C=Nc1ccccc1Cc1cccc(N=C=O)c1Cc1ccccc1N=C=O. The highest BCUT2D eigenvalue weighted by atomic mass is 16.1. The molecule has 0 aliphatic carbocycles. The first kappa shape index (κ1) is 40.8. The number of benzene rings is 6. The number of hydrogen-bond acceptors (Lipinski definition) is 12. The number of rotatable bonds is 14. The first-order chi connectivity index (χ1) is 28.5. The van der Waals surface area contributed by atoms with E-state index in [0.717, 1.165) is 44.5 Å². The molecule has 6 rings (SSSR count). The van der Waals surface area contributed by atoms with Crippen molar-refractivity contribution in [2.45, 2.75) is 25.7 Å². The van der Waals surface area contributed by atoms with E-state index < -0.39 is 0 Å². The summed E-state index contributed by atoms with van der Waals surface area (Å²) in [5.74, 6) is 0. The van der Waals surface area contributed by atoms with Gasteiger partial charge in [-0.05, 0) is 112 Å². The molecular formula is C46H30N6O6. The predicted molar refractivity (Wildman–Crippen MR) is 217 cm³/mol. The molecule has 0 aliphatic rings. The second-order valence-corrected chi connectivity index (χ2v) is 12.4. The largest absolute Gasteiger partial charge is 0.240 e. The lowest BCUT2D eigenvalue weighted by atomic mass is 9.92. The number of aliphatic imine (C=N–C) groups is 6. The molecular weight excluding hydrogens is 733 g/mol. The highest BCUT2D eigenvalue weighted by molar-refractivity contribution is 5.63. The predicted octanol–water partition coefficient (Wildman–Crippen LogP) is 9.54. The van der Waals surface area contributed by atoms with Crippen molar-refractivity contribution >= 4 is 70.6 Å². The fourth-order valence-electron chi connectivity index (χ4n) is 6.14. The van der Waals surface area contributed by atoms with Crippen LogP contribution in [0.15, 0.2) is 163 Å². The van der Waals surface area contributed by atoms with Crippen molar-refractivity contribution in [1.82, 2.24) is 0 Å². The first-order valence-corrected chi connectivity index (χ1v) is 17.5. The van der Waals surface area contributed by atoms with Gasteiger partial charge >= 0.3 is 0 Å². The van der Waals surface area contributed by atoms with Crippen LogP contribution in [0.4, 0.5) is 34.1 Å². The van der Waals surface area contributed by atoms with E-state index in [-0.39, 0.29) is 0 Å². The molecule has 0 unspecified atom stereocenters. The van der Waals surface area contributed by atoms with Crippen LogP contribution in [0.1, 0.15) is 44.5 Å². The molecule has 6 aromatic carbocycles. The standard InChI is InChI=1S/2C23H15N3O3/c27-14-24-21-7-2-17(3-8-21)11-19-1-6-20(23(13-19)26-16-29)12-18-4-9-22(10-5-18)25-15-28;27-14-24-21-9-3-1-6-18(21)12-17-8-5-11-23(26-16-29)20(17)13-19-7-2-4-10-22(19)25-15-28/h1-10,13H,11-12H2;1-11H,12-13H2. The minimum absolute atomic E-state index is 0.400. The molecule has 0 aliphatic heterocycles. The van der Waals surface area contributed by atoms with Crippen molar-refractivity contribution in [3.8, 4) is 0 Å². The zero-order chi connectivity index (χ0) is 41.0. The summed E-state index contributed by atoms with van der Waals surface area (Å²) in [7, 11) is 0. The van der Waals surface area contributed by atoms with Gasteiger partial charge in [0.2, 0.25) is 36.5 Å². The minimum atomic E-state index is 0.400. The third kappa shape index (κ3) is 11.6. The second kappa shape index (κ2) is 21.5. The van der Waals surface area contributed by atoms with Crippen LogP contribution in [0.2, 0.25) is 0 Å². The van der Waals surface area contributed by atoms with Gasteiger partial charge < -0.3 is 0 Å². The summed E-state index contributed by atoms with van der Waals surface area (Å²) in [6.45, 7) is 0. The molecule has 0 fully saturated rings. The van der Waals surface area contributed by atoms with Crippen LogP contribution in [0, 0.1) is 0 Å². The van der Waals surface area contributed by atoms with E-state index in [9.17, 15) is 28.8 Å². The summed E-state index contributed by atoms with van der Waals surface area (Å²) < 4.78 is 0. The third-order valence-corrected chi connectivity index (χ3v) is 8.82. The number of carbonyl (C=O) groups excluding carboxylic acids is 6. The molecule has 280 valence electrons. The van der Waals surface area contributed by atoms with Crippen molar-refractivity contribution in [1.29, 1.82) is 0 Å². The van der Waals surface area contributed by atoms with Crippen molar-refractivity contribution < 1.29 is 28.8 Å². The average molecular weight is 763 g/mol. The molecule has 0 atom stereocenters. The Morgan fingerprint density at radius 2 is 0.724 bits per heavy atom. The highest BCUT2D eigenvalue weighted by Gasteiger charge is 2.14. The molecule has 0 radical (unpaired) electrons. The second-order valence-electron chi connectivity index (χ2n) is 12.4. The molecule has 12 heteroatoms. The molecule has 0 spiro atoms.